The number of benzene rings is 6. The third-order valence-corrected chi connectivity index (χ3v) is 22.5. The van der Waals surface area contributed by atoms with Crippen molar-refractivity contribution in [3.05, 3.63) is 257 Å². The minimum Gasteiger partial charge on any atom is -0.478 e. The number of ketones is 1. The zero-order valence-electron chi connectivity index (χ0n) is 72.5. The van der Waals surface area contributed by atoms with E-state index < -0.39 is 134 Å². The number of aliphatic hydroxyl groups excluding tert-OH is 9. The van der Waals surface area contributed by atoms with Gasteiger partial charge in [-0.2, -0.15) is 0 Å². The normalized spacial score (nSPS) is 27.0. The van der Waals surface area contributed by atoms with Crippen molar-refractivity contribution < 1.29 is 137 Å². The highest BCUT2D eigenvalue weighted by molar-refractivity contribution is 9.11. The maximum absolute atomic E-state index is 12.8. The van der Waals surface area contributed by atoms with Crippen LogP contribution in [0.25, 0.3) is 0 Å². The quantitative estimate of drug-likeness (QED) is 0.0153. The van der Waals surface area contributed by atoms with Crippen molar-refractivity contribution in [1.82, 2.24) is 4.90 Å². The Morgan fingerprint density at radius 3 is 1.32 bits per heavy atom. The Balaban J connectivity index is 0.000000185. The number of nitrogens with zero attached hydrogens (tertiary/aromatic N) is 1. The van der Waals surface area contributed by atoms with Crippen molar-refractivity contribution in [2.24, 2.45) is 0 Å². The van der Waals surface area contributed by atoms with Crippen LogP contribution in [0.3, 0.4) is 0 Å². The van der Waals surface area contributed by atoms with E-state index in [2.05, 4.69) is 93.2 Å². The zero-order chi connectivity index (χ0) is 91.9. The van der Waals surface area contributed by atoms with Gasteiger partial charge >= 0.3 is 5.97 Å². The Hall–Kier alpha value is -6.63. The highest BCUT2D eigenvalue weighted by Crippen LogP contribution is 2.43. The second-order valence-electron chi connectivity index (χ2n) is 32.0. The third-order valence-electron chi connectivity index (χ3n) is 21.1. The lowest BCUT2D eigenvalue weighted by Crippen LogP contribution is -2.54. The van der Waals surface area contributed by atoms with E-state index in [0.717, 1.165) is 63.5 Å². The molecule has 6 aromatic carbocycles. The number of aryl methyl sites for hydroxylation is 6. The molecule has 0 saturated carbocycles. The molecule has 6 aromatic rings. The number of carboxylic acids is 1. The summed E-state index contributed by atoms with van der Waals surface area (Å²) >= 11 is 9.96. The number of hydrogen-bond acceptors (Lipinski definition) is 27. The van der Waals surface area contributed by atoms with E-state index in [1.165, 1.54) is 11.1 Å². The molecule has 686 valence electrons. The summed E-state index contributed by atoms with van der Waals surface area (Å²) in [6.45, 7) is 42.6. The molecule has 0 radical (unpaired) electrons. The molecule has 0 aromatic heterocycles. The number of hydrogen-bond donors (Lipinski definition) is 10. The fourth-order valence-electron chi connectivity index (χ4n) is 14.1. The molecule has 18 atom stereocenters. The second-order valence-corrected chi connectivity index (χ2v) is 34.8. The van der Waals surface area contributed by atoms with Gasteiger partial charge in [-0.05, 0) is 198 Å². The Labute approximate surface area is 755 Å². The molecule has 10 N–H and O–H groups in total. The minimum absolute atomic E-state index is 0.116. The largest absolute Gasteiger partial charge is 0.478 e. The van der Waals surface area contributed by atoms with Crippen LogP contribution in [0.4, 0.5) is 0 Å². The summed E-state index contributed by atoms with van der Waals surface area (Å²) < 4.78 is 85.5. The topological polar surface area (TPSA) is 395 Å². The first-order valence-electron chi connectivity index (χ1n) is 40.8. The van der Waals surface area contributed by atoms with Gasteiger partial charge in [-0.3, -0.25) is 9.59 Å². The summed E-state index contributed by atoms with van der Waals surface area (Å²) in [6.07, 6.45) is -10.8. The van der Waals surface area contributed by atoms with Gasteiger partial charge < -0.3 is 127 Å². The Morgan fingerprint density at radius 2 is 0.864 bits per heavy atom. The lowest BCUT2D eigenvalue weighted by molar-refractivity contribution is -0.284. The van der Waals surface area contributed by atoms with E-state index in [1.807, 2.05) is 88.4 Å². The van der Waals surface area contributed by atoms with Crippen molar-refractivity contribution in [1.29, 1.82) is 0 Å². The molecule has 0 spiro atoms. The van der Waals surface area contributed by atoms with Gasteiger partial charge in [0.2, 0.25) is 0 Å². The van der Waals surface area contributed by atoms with Crippen LogP contribution in [0.2, 0.25) is 0 Å². The molecule has 14 rings (SSSR count). The molecule has 8 aliphatic rings. The summed E-state index contributed by atoms with van der Waals surface area (Å²) in [5, 5.41) is 98.3. The monoisotopic (exact) mass is 1940 g/mol. The smallest absolute Gasteiger partial charge is 0.335 e. The van der Waals surface area contributed by atoms with Crippen LogP contribution >= 0.6 is 47.8 Å². The average molecular weight is 1940 g/mol. The average Bonchev–Trinajstić information content (AvgIpc) is 1.63. The minimum atomic E-state index is -1.55. The van der Waals surface area contributed by atoms with Gasteiger partial charge in [0, 0.05) is 32.1 Å². The number of aromatic carboxylic acids is 1. The number of ether oxygens (including phenoxy) is 15. The zero-order valence-corrected chi connectivity index (χ0v) is 77.3. The number of aliphatic hydroxyl groups is 9. The third kappa shape index (κ3) is 29.2. The van der Waals surface area contributed by atoms with E-state index in [9.17, 15) is 55.2 Å². The van der Waals surface area contributed by atoms with Gasteiger partial charge in [0.1, 0.15) is 73.2 Å². The Bertz CT molecular complexity index is 4560. The van der Waals surface area contributed by atoms with E-state index in [4.69, 9.17) is 81.3 Å². The number of morpholine rings is 1. The Morgan fingerprint density at radius 1 is 0.464 bits per heavy atom. The molecule has 125 heavy (non-hydrogen) atoms. The SMILES string of the molecule is C=CCOCc1cc(Br)ccc1C.C=CCOCc1cc(C(=O)[C@@H]2O[C@H]3OC(C)(C)O[C@H]3[C@@H]2O)ccc1C.C=CCOCc1cc([C@@H]2OC(O)[C@@H](O)[C@H](O)[C@H]2O)ccc1C.C=CCOCc1cc([C@H](O)[C@@H]2O[C@H]3OC(C)(C)O[C@H]3[C@@H]2O)ccc1C.CC1(C)OC2O[C@@H](C(=O)N3CCOCC3)[C@@H](O)[C@@H]2O1.Cc1ccc(Br)cc1C(=O)O.Cc1ccc(Br)cc1CO. The first-order chi connectivity index (χ1) is 59.2. The standard InChI is InChI=1S/C19H26O6.C19H24O6.C16H22O6.C12H19NO6.C11H13BrO.C8H7BrO2.C8H9BrO/c2*1-5-8-22-10-13-9-12(7-6-11(13)2)14(20)16-15(21)17-18(23-16)25-19(3,4)24-17;1-3-6-21-8-11-7-10(5-4-9(11)2)15-13(18)12(17)14(19)16(20)22-15;1-12(2)18-9-7(14)8(17-11(9)19-12)10(15)13-3-5-16-6-4-13;1-3-6-13-8-10-7-11(12)5-4-9(10)2;1-5-2-3-6(9)4-7(5)8(10)11;1-6-2-3-8(9)4-7(6)5-10/h5-7,9,14-18,20-21H,1,8,10H2,2-4H3;5-7,9,15-18,21H,1,8,10H2,2-4H3;3-5,7,12-20H,1,6,8H2,2H3;7-9,11,14H,3-6H2,1-2H3;3-5,7H,1,6,8H2,2H3;2-4H,1H3,(H,10,11);2-4,10H,5H2,1H3/t14-,15+,16-,17-,18-;15-,16+,17+,18+;12-,13-,14+,15+,16?;7-,8-,9+,11?;;;/m0111.../s1. The number of fused-ring (bicyclic) bond motifs is 3. The van der Waals surface area contributed by atoms with Gasteiger partial charge in [-0.15, -0.1) is 26.3 Å². The molecule has 8 saturated heterocycles. The molecule has 8 heterocycles. The van der Waals surface area contributed by atoms with Crippen molar-refractivity contribution in [3.8, 4) is 0 Å². The maximum Gasteiger partial charge on any atom is 0.335 e. The van der Waals surface area contributed by atoms with Crippen molar-refractivity contribution >= 4 is 65.4 Å². The molecule has 29 nitrogen and oxygen atoms in total. The fraction of sp³-hybridized carbons (Fsp3) is 0.495. The first kappa shape index (κ1) is 104. The number of carbonyl (C=O) groups excluding carboxylic acids is 2. The van der Waals surface area contributed by atoms with Crippen molar-refractivity contribution in [2.75, 3.05) is 52.7 Å². The van der Waals surface area contributed by atoms with Crippen LogP contribution in [0.5, 0.6) is 0 Å². The number of carboxylic acid groups (broad SMARTS) is 1. The van der Waals surface area contributed by atoms with Gasteiger partial charge in [0.25, 0.3) is 5.91 Å². The highest BCUT2D eigenvalue weighted by atomic mass is 79.9. The molecule has 1 amide bonds. The predicted octanol–water partition coefficient (Wildman–Crippen LogP) is 11.5. The van der Waals surface area contributed by atoms with Crippen LogP contribution in [-0.4, -0.2) is 242 Å². The summed E-state index contributed by atoms with van der Waals surface area (Å²) in [5.74, 6) is -3.82. The van der Waals surface area contributed by atoms with Gasteiger partial charge in [-0.25, -0.2) is 4.79 Å². The van der Waals surface area contributed by atoms with Gasteiger partial charge in [0.05, 0.1) is 78.2 Å². The maximum atomic E-state index is 12.8. The summed E-state index contributed by atoms with van der Waals surface area (Å²) in [7, 11) is 0. The predicted molar refractivity (Wildman–Crippen MR) is 471 cm³/mol. The lowest BCUT2D eigenvalue weighted by atomic mass is 9.92. The molecule has 0 aliphatic carbocycles. The lowest BCUT2D eigenvalue weighted by Gasteiger charge is -2.38. The van der Waals surface area contributed by atoms with E-state index in [0.29, 0.717) is 101 Å². The van der Waals surface area contributed by atoms with E-state index in [-0.39, 0.29) is 18.3 Å². The molecule has 32 heteroatoms. The van der Waals surface area contributed by atoms with Crippen LogP contribution in [0, 0.1) is 41.5 Å². The number of amides is 1. The summed E-state index contributed by atoms with van der Waals surface area (Å²) in [5.41, 5.74) is 13.3. The van der Waals surface area contributed by atoms with Crippen LogP contribution in [0.15, 0.2) is 173 Å². The van der Waals surface area contributed by atoms with E-state index in [1.54, 1.807) is 114 Å². The number of carbonyl (C=O) groups is 3. The van der Waals surface area contributed by atoms with Crippen molar-refractivity contribution in [3.63, 3.8) is 0 Å². The van der Waals surface area contributed by atoms with Gasteiger partial charge in [0.15, 0.2) is 60.5 Å². The summed E-state index contributed by atoms with van der Waals surface area (Å²) in [6, 6.07) is 33.6. The molecule has 8 aliphatic heterocycles. The second kappa shape index (κ2) is 48.3. The first-order valence-corrected chi connectivity index (χ1v) is 43.2. The highest BCUT2D eigenvalue weighted by Gasteiger charge is 2.59. The molecule has 2 unspecified atom stereocenters. The Kier molecular flexibility index (Phi) is 40.1. The number of Topliss-reactive ketones (excluding diaryl/α,β-unsaturated/α-hetero) is 1. The van der Waals surface area contributed by atoms with Crippen LogP contribution in [-0.2, 0) is 109 Å². The van der Waals surface area contributed by atoms with Crippen LogP contribution in [0.1, 0.15) is 147 Å². The molecular weight excluding hydrogens is 1820 g/mol. The molecule has 8 fully saturated rings. The van der Waals surface area contributed by atoms with Gasteiger partial charge in [-0.1, -0.05) is 139 Å². The molecular formula is C93H120Br3NO28. The van der Waals surface area contributed by atoms with Crippen LogP contribution < -0.4 is 0 Å². The van der Waals surface area contributed by atoms with E-state index >= 15 is 0 Å². The summed E-state index contributed by atoms with van der Waals surface area (Å²) in [4.78, 5) is 37.3. The molecule has 0 bridgehead atoms. The fourth-order valence-corrected chi connectivity index (χ4v) is 15.3. The number of halogens is 3. The number of rotatable bonds is 24. The van der Waals surface area contributed by atoms with Crippen molar-refractivity contribution in [2.45, 2.75) is 244 Å².